The molecule has 2 rings (SSSR count). The molecule has 0 atom stereocenters. The zero-order chi connectivity index (χ0) is 15.2. The third-order valence-corrected chi connectivity index (χ3v) is 2.88. The van der Waals surface area contributed by atoms with Gasteiger partial charge < -0.3 is 20.4 Å². The Morgan fingerprint density at radius 3 is 2.86 bits per heavy atom. The van der Waals surface area contributed by atoms with Gasteiger partial charge in [-0.25, -0.2) is 0 Å². The fourth-order valence-electron chi connectivity index (χ4n) is 1.73. The van der Waals surface area contributed by atoms with Crippen molar-refractivity contribution >= 4 is 11.6 Å². The van der Waals surface area contributed by atoms with Gasteiger partial charge in [-0.2, -0.15) is 0 Å². The van der Waals surface area contributed by atoms with Crippen LogP contribution in [0.25, 0.3) is 0 Å². The number of nitrogen functional groups attached to an aromatic ring is 1. The molecule has 110 valence electrons. The molecule has 0 radical (unpaired) electrons. The SMILES string of the molecule is Cn1ccc(C(=O)NCCOc2cccc(N)c2)cc1=O. The number of hydrogen-bond acceptors (Lipinski definition) is 4. The van der Waals surface area contributed by atoms with Crippen LogP contribution in [0.4, 0.5) is 5.69 Å². The number of nitrogens with zero attached hydrogens (tertiary/aromatic N) is 1. The monoisotopic (exact) mass is 287 g/mol. The van der Waals surface area contributed by atoms with Crippen LogP contribution in [-0.4, -0.2) is 23.6 Å². The van der Waals surface area contributed by atoms with Crippen LogP contribution in [0.3, 0.4) is 0 Å². The number of benzene rings is 1. The van der Waals surface area contributed by atoms with Crippen molar-refractivity contribution in [1.29, 1.82) is 0 Å². The highest BCUT2D eigenvalue weighted by atomic mass is 16.5. The molecule has 0 fully saturated rings. The minimum Gasteiger partial charge on any atom is -0.492 e. The molecule has 1 amide bonds. The largest absolute Gasteiger partial charge is 0.492 e. The standard InChI is InChI=1S/C15H17N3O3/c1-18-7-5-11(9-14(18)19)15(20)17-6-8-21-13-4-2-3-12(16)10-13/h2-5,7,9-10H,6,8,16H2,1H3,(H,17,20). The minimum absolute atomic E-state index is 0.223. The maximum Gasteiger partial charge on any atom is 0.251 e. The van der Waals surface area contributed by atoms with Gasteiger partial charge in [0, 0.05) is 36.6 Å². The number of aromatic nitrogens is 1. The number of pyridine rings is 1. The van der Waals surface area contributed by atoms with Crippen LogP contribution in [0.1, 0.15) is 10.4 Å². The average molecular weight is 287 g/mol. The van der Waals surface area contributed by atoms with Crippen LogP contribution < -0.4 is 21.3 Å². The molecule has 0 saturated heterocycles. The molecule has 2 aromatic rings. The van der Waals surface area contributed by atoms with Gasteiger partial charge in [-0.05, 0) is 18.2 Å². The van der Waals surface area contributed by atoms with E-state index in [1.807, 2.05) is 0 Å². The summed E-state index contributed by atoms with van der Waals surface area (Å²) < 4.78 is 6.86. The van der Waals surface area contributed by atoms with Crippen molar-refractivity contribution in [2.75, 3.05) is 18.9 Å². The van der Waals surface area contributed by atoms with Crippen molar-refractivity contribution in [3.63, 3.8) is 0 Å². The van der Waals surface area contributed by atoms with Crippen LogP contribution in [0, 0.1) is 0 Å². The zero-order valence-corrected chi connectivity index (χ0v) is 11.7. The highest BCUT2D eigenvalue weighted by molar-refractivity contribution is 5.93. The molecule has 0 saturated carbocycles. The fourth-order valence-corrected chi connectivity index (χ4v) is 1.73. The van der Waals surface area contributed by atoms with Crippen LogP contribution in [-0.2, 0) is 7.05 Å². The van der Waals surface area contributed by atoms with E-state index in [0.717, 1.165) is 0 Å². The number of rotatable bonds is 5. The summed E-state index contributed by atoms with van der Waals surface area (Å²) in [5, 5.41) is 2.69. The number of aryl methyl sites for hydroxylation is 1. The average Bonchev–Trinajstić information content (AvgIpc) is 2.46. The zero-order valence-electron chi connectivity index (χ0n) is 11.7. The molecule has 0 unspecified atom stereocenters. The Bertz CT molecular complexity index is 695. The molecular formula is C15H17N3O3. The maximum atomic E-state index is 11.8. The number of amides is 1. The molecule has 0 spiro atoms. The van der Waals surface area contributed by atoms with Gasteiger partial charge in [-0.3, -0.25) is 9.59 Å². The van der Waals surface area contributed by atoms with Crippen molar-refractivity contribution in [3.05, 3.63) is 58.5 Å². The number of anilines is 1. The van der Waals surface area contributed by atoms with Crippen molar-refractivity contribution in [1.82, 2.24) is 9.88 Å². The summed E-state index contributed by atoms with van der Waals surface area (Å²) in [7, 11) is 1.63. The Balaban J connectivity index is 1.81. The summed E-state index contributed by atoms with van der Waals surface area (Å²) in [6, 6.07) is 9.96. The second-order valence-corrected chi connectivity index (χ2v) is 4.54. The van der Waals surface area contributed by atoms with E-state index in [0.29, 0.717) is 30.2 Å². The summed E-state index contributed by atoms with van der Waals surface area (Å²) in [4.78, 5) is 23.3. The van der Waals surface area contributed by atoms with Gasteiger partial charge in [0.25, 0.3) is 11.5 Å². The molecule has 0 aliphatic rings. The Morgan fingerprint density at radius 1 is 1.33 bits per heavy atom. The van der Waals surface area contributed by atoms with Gasteiger partial charge in [0.1, 0.15) is 12.4 Å². The molecule has 3 N–H and O–H groups in total. The third kappa shape index (κ3) is 4.10. The van der Waals surface area contributed by atoms with E-state index in [-0.39, 0.29) is 11.5 Å². The lowest BCUT2D eigenvalue weighted by Gasteiger charge is -2.08. The van der Waals surface area contributed by atoms with E-state index >= 15 is 0 Å². The van der Waals surface area contributed by atoms with E-state index < -0.39 is 0 Å². The second-order valence-electron chi connectivity index (χ2n) is 4.54. The highest BCUT2D eigenvalue weighted by Gasteiger charge is 2.06. The molecule has 6 heteroatoms. The Labute approximate surface area is 122 Å². The van der Waals surface area contributed by atoms with Gasteiger partial charge in [0.2, 0.25) is 0 Å². The van der Waals surface area contributed by atoms with E-state index in [4.69, 9.17) is 10.5 Å². The first-order chi connectivity index (χ1) is 10.1. The smallest absolute Gasteiger partial charge is 0.251 e. The normalized spacial score (nSPS) is 10.1. The molecule has 1 heterocycles. The number of nitrogens with two attached hydrogens (primary N) is 1. The molecule has 21 heavy (non-hydrogen) atoms. The summed E-state index contributed by atoms with van der Waals surface area (Å²) in [6.07, 6.45) is 1.56. The minimum atomic E-state index is -0.302. The molecule has 1 aromatic heterocycles. The van der Waals surface area contributed by atoms with Gasteiger partial charge in [-0.15, -0.1) is 0 Å². The Morgan fingerprint density at radius 2 is 2.14 bits per heavy atom. The molecule has 6 nitrogen and oxygen atoms in total. The first kappa shape index (κ1) is 14.6. The van der Waals surface area contributed by atoms with Gasteiger partial charge in [0.15, 0.2) is 0 Å². The van der Waals surface area contributed by atoms with Gasteiger partial charge >= 0.3 is 0 Å². The Kier molecular flexibility index (Phi) is 4.61. The third-order valence-electron chi connectivity index (χ3n) is 2.88. The van der Waals surface area contributed by atoms with Crippen LogP contribution in [0.2, 0.25) is 0 Å². The number of ether oxygens (including phenoxy) is 1. The van der Waals surface area contributed by atoms with E-state index in [2.05, 4.69) is 5.32 Å². The predicted molar refractivity (Wildman–Crippen MR) is 80.4 cm³/mol. The maximum absolute atomic E-state index is 11.8. The molecule has 0 aliphatic carbocycles. The lowest BCUT2D eigenvalue weighted by atomic mass is 10.2. The number of hydrogen-bond donors (Lipinski definition) is 2. The first-order valence-corrected chi connectivity index (χ1v) is 6.49. The second kappa shape index (κ2) is 6.60. The first-order valence-electron chi connectivity index (χ1n) is 6.49. The Hall–Kier alpha value is -2.76. The summed E-state index contributed by atoms with van der Waals surface area (Å²) in [5.41, 5.74) is 6.37. The highest BCUT2D eigenvalue weighted by Crippen LogP contribution is 2.13. The molecule has 0 bridgehead atoms. The van der Waals surface area contributed by atoms with E-state index in [9.17, 15) is 9.59 Å². The van der Waals surface area contributed by atoms with Crippen molar-refractivity contribution in [2.45, 2.75) is 0 Å². The van der Waals surface area contributed by atoms with Crippen molar-refractivity contribution in [2.24, 2.45) is 7.05 Å². The van der Waals surface area contributed by atoms with Crippen LogP contribution in [0.15, 0.2) is 47.4 Å². The molecule has 0 aliphatic heterocycles. The molecule has 1 aromatic carbocycles. The summed E-state index contributed by atoms with van der Waals surface area (Å²) in [6.45, 7) is 0.656. The molecular weight excluding hydrogens is 270 g/mol. The number of carbonyl (C=O) groups excluding carboxylic acids is 1. The van der Waals surface area contributed by atoms with Crippen LogP contribution >= 0.6 is 0 Å². The number of carbonyl (C=O) groups is 1. The van der Waals surface area contributed by atoms with E-state index in [1.165, 1.54) is 10.6 Å². The van der Waals surface area contributed by atoms with Gasteiger partial charge in [-0.1, -0.05) is 6.07 Å². The topological polar surface area (TPSA) is 86.3 Å². The van der Waals surface area contributed by atoms with E-state index in [1.54, 1.807) is 43.6 Å². The summed E-state index contributed by atoms with van der Waals surface area (Å²) in [5.74, 6) is 0.349. The fraction of sp³-hybridized carbons (Fsp3) is 0.200. The number of nitrogens with one attached hydrogen (secondary N) is 1. The predicted octanol–water partition coefficient (Wildman–Crippen LogP) is 0.776. The lowest BCUT2D eigenvalue weighted by Crippen LogP contribution is -2.29. The van der Waals surface area contributed by atoms with Crippen LogP contribution in [0.5, 0.6) is 5.75 Å². The van der Waals surface area contributed by atoms with Gasteiger partial charge in [0.05, 0.1) is 6.54 Å². The van der Waals surface area contributed by atoms with Crippen molar-refractivity contribution < 1.29 is 9.53 Å². The quantitative estimate of drug-likeness (QED) is 0.628. The summed E-state index contributed by atoms with van der Waals surface area (Å²) >= 11 is 0. The lowest BCUT2D eigenvalue weighted by molar-refractivity contribution is 0.0946. The van der Waals surface area contributed by atoms with Crippen molar-refractivity contribution in [3.8, 4) is 5.75 Å².